The summed E-state index contributed by atoms with van der Waals surface area (Å²) in [7, 11) is 0. The molecule has 5 nitrogen and oxygen atoms in total. The Morgan fingerprint density at radius 3 is 1.57 bits per heavy atom. The predicted molar refractivity (Wildman–Crippen MR) is 228 cm³/mol. The second kappa shape index (κ2) is 15.8. The molecule has 1 aromatic heterocycles. The van der Waals surface area contributed by atoms with Crippen molar-refractivity contribution in [2.45, 2.75) is 0 Å². The summed E-state index contributed by atoms with van der Waals surface area (Å²) in [5.74, 6) is -3.14. The Labute approximate surface area is 355 Å². The molecule has 0 aliphatic carbocycles. The van der Waals surface area contributed by atoms with Crippen molar-refractivity contribution in [3.05, 3.63) is 218 Å². The molecule has 5 heteroatoms. The maximum Gasteiger partial charge on any atom is 0.164 e. The van der Waals surface area contributed by atoms with Crippen LogP contribution in [0.2, 0.25) is 0 Å². The van der Waals surface area contributed by atoms with Gasteiger partial charge in [0.15, 0.2) is 17.5 Å². The van der Waals surface area contributed by atoms with Crippen LogP contribution >= 0.6 is 0 Å². The Kier molecular flexibility index (Phi) is 5.24. The number of rotatable bonds is 10. The lowest BCUT2D eigenvalue weighted by Crippen LogP contribution is -2.09. The molecule has 0 saturated heterocycles. The molecule has 0 amide bonds. The lowest BCUT2D eigenvalue weighted by Gasteiger charge is -2.26. The van der Waals surface area contributed by atoms with Crippen LogP contribution in [0, 0.1) is 0 Å². The Bertz CT molecular complexity index is 3720. The Balaban J connectivity index is 1.23. The molecule has 0 spiro atoms. The van der Waals surface area contributed by atoms with Crippen molar-refractivity contribution in [3.8, 4) is 67.9 Å². The number of nitrogens with zero attached hydrogens (tertiary/aromatic N) is 4. The molecular formula is C51H36N4O. The predicted octanol–water partition coefficient (Wildman–Crippen LogP) is 13.5. The van der Waals surface area contributed by atoms with Gasteiger partial charge in [0.1, 0.15) is 11.5 Å². The molecule has 0 atom stereocenters. The van der Waals surface area contributed by atoms with Crippen LogP contribution in [0.4, 0.5) is 17.1 Å². The van der Waals surface area contributed by atoms with Crippen molar-refractivity contribution in [1.82, 2.24) is 15.0 Å². The summed E-state index contributed by atoms with van der Waals surface area (Å²) >= 11 is 0. The molecule has 0 aliphatic heterocycles. The highest BCUT2D eigenvalue weighted by atomic mass is 16.5. The number of aromatic nitrogens is 3. The van der Waals surface area contributed by atoms with Gasteiger partial charge in [-0.1, -0.05) is 157 Å². The van der Waals surface area contributed by atoms with Crippen LogP contribution in [0.25, 0.3) is 56.4 Å². The first-order valence-electron chi connectivity index (χ1n) is 27.0. The first kappa shape index (κ1) is 18.6. The summed E-state index contributed by atoms with van der Waals surface area (Å²) < 4.78 is 181. The lowest BCUT2D eigenvalue weighted by molar-refractivity contribution is 0.483. The third-order valence-electron chi connectivity index (χ3n) is 8.18. The van der Waals surface area contributed by atoms with E-state index in [9.17, 15) is 2.74 Å². The highest BCUT2D eigenvalue weighted by molar-refractivity contribution is 5.79. The van der Waals surface area contributed by atoms with Crippen LogP contribution in [0.1, 0.15) is 27.4 Å². The molecule has 9 aromatic rings. The van der Waals surface area contributed by atoms with Crippen molar-refractivity contribution in [1.29, 1.82) is 0 Å². The minimum absolute atomic E-state index is 0.101. The number of ether oxygens (including phenoxy) is 1. The van der Waals surface area contributed by atoms with E-state index in [1.165, 1.54) is 0 Å². The summed E-state index contributed by atoms with van der Waals surface area (Å²) in [6.07, 6.45) is 0. The molecule has 8 aromatic carbocycles. The first-order valence-corrected chi connectivity index (χ1v) is 17.0. The van der Waals surface area contributed by atoms with Gasteiger partial charge in [0, 0.05) is 39.8 Å². The third-order valence-corrected chi connectivity index (χ3v) is 8.18. The maximum atomic E-state index is 9.56. The number of hydrogen-bond donors (Lipinski definition) is 0. The van der Waals surface area contributed by atoms with Crippen molar-refractivity contribution in [2.24, 2.45) is 0 Å². The van der Waals surface area contributed by atoms with Gasteiger partial charge in [0.05, 0.1) is 27.4 Å². The number of benzene rings is 8. The second-order valence-electron chi connectivity index (χ2n) is 11.8. The van der Waals surface area contributed by atoms with E-state index in [2.05, 4.69) is 15.0 Å². The van der Waals surface area contributed by atoms with Crippen molar-refractivity contribution in [3.63, 3.8) is 0 Å². The fourth-order valence-electron chi connectivity index (χ4n) is 5.64. The minimum Gasteiger partial charge on any atom is -0.457 e. The van der Waals surface area contributed by atoms with Crippen molar-refractivity contribution < 1.29 is 32.2 Å². The number of para-hydroxylation sites is 1. The Morgan fingerprint density at radius 2 is 0.893 bits per heavy atom. The third kappa shape index (κ3) is 7.56. The molecular weight excluding hydrogens is 685 g/mol. The van der Waals surface area contributed by atoms with Crippen LogP contribution < -0.4 is 9.64 Å². The van der Waals surface area contributed by atoms with Gasteiger partial charge in [-0.3, -0.25) is 0 Å². The molecule has 266 valence electrons. The van der Waals surface area contributed by atoms with E-state index in [-0.39, 0.29) is 17.5 Å². The lowest BCUT2D eigenvalue weighted by atomic mass is 10.0. The molecule has 0 aliphatic rings. The van der Waals surface area contributed by atoms with Crippen LogP contribution in [0.15, 0.2) is 218 Å². The standard InChI is InChI=1S/C51H36N4O/c1-5-16-37(17-6-1)38-30-32-45(33-31-38)55(44-25-11-4-12-26-44)46-27-15-29-48(36-46)56-47-28-14-23-42(35-47)41-22-13-24-43(34-41)51-53-49(39-18-7-2-8-19-39)52-50(54-51)40-20-9-3-10-21-40/h1-36H/i2D,3D,7D,8D,9D,10D,13D,14D,15D,18D,19D,20D,21D,22D,23D,24D,27D,28D,34D,36D. The van der Waals surface area contributed by atoms with Crippen LogP contribution in [-0.2, 0) is 0 Å². The SMILES string of the molecule is [2H]c1cc(Oc2cc(-c3c([2H])c([2H])c([2H])c(-c4nc(-c5c([2H])c([2H])c([2H])c([2H])c5[2H])nc(-c5c([2H])c([2H])c([2H])c([2H])c5[2H])n4)c3[2H])c([2H])c([2H])c2[2H])c([2H])c(N(c2ccccc2)c2ccc(-c3ccccc3)cc2)c1[2H]. The highest BCUT2D eigenvalue weighted by Gasteiger charge is 2.15. The van der Waals surface area contributed by atoms with E-state index in [0.29, 0.717) is 11.4 Å². The van der Waals surface area contributed by atoms with Crippen molar-refractivity contribution in [2.75, 3.05) is 4.90 Å². The largest absolute Gasteiger partial charge is 0.457 e. The van der Waals surface area contributed by atoms with Crippen molar-refractivity contribution >= 4 is 17.1 Å². The van der Waals surface area contributed by atoms with Crippen LogP contribution in [-0.4, -0.2) is 15.0 Å². The van der Waals surface area contributed by atoms with E-state index < -0.39 is 166 Å². The zero-order valence-corrected chi connectivity index (χ0v) is 28.9. The average Bonchev–Trinajstić information content (AvgIpc) is 3.44. The van der Waals surface area contributed by atoms with Crippen LogP contribution in [0.3, 0.4) is 0 Å². The topological polar surface area (TPSA) is 51.1 Å². The normalized spacial score (nSPS) is 15.9. The summed E-state index contributed by atoms with van der Waals surface area (Å²) in [6, 6.07) is 12.6. The summed E-state index contributed by atoms with van der Waals surface area (Å²) in [4.78, 5) is 14.4. The molecule has 0 unspecified atom stereocenters. The molecule has 0 fully saturated rings. The smallest absolute Gasteiger partial charge is 0.164 e. The van der Waals surface area contributed by atoms with Gasteiger partial charge < -0.3 is 9.64 Å². The quantitative estimate of drug-likeness (QED) is 0.140. The minimum atomic E-state index is -0.903. The van der Waals surface area contributed by atoms with Gasteiger partial charge in [-0.2, -0.15) is 0 Å². The molecule has 9 rings (SSSR count). The zero-order chi connectivity index (χ0) is 54.9. The first-order chi connectivity index (χ1) is 36.0. The van der Waals surface area contributed by atoms with E-state index in [1.807, 2.05) is 42.5 Å². The van der Waals surface area contributed by atoms with E-state index in [4.69, 9.17) is 29.4 Å². The average molecular weight is 741 g/mol. The zero-order valence-electron chi connectivity index (χ0n) is 48.9. The van der Waals surface area contributed by atoms with Gasteiger partial charge in [-0.05, 0) is 76.8 Å². The van der Waals surface area contributed by atoms with E-state index in [1.54, 1.807) is 47.4 Å². The number of anilines is 3. The van der Waals surface area contributed by atoms with E-state index >= 15 is 0 Å². The Hall–Kier alpha value is -7.63. The molecule has 0 saturated carbocycles. The summed E-state index contributed by atoms with van der Waals surface area (Å²) in [6.45, 7) is 0. The second-order valence-corrected chi connectivity index (χ2v) is 11.8. The Morgan fingerprint density at radius 1 is 0.357 bits per heavy atom. The van der Waals surface area contributed by atoms with E-state index in [0.717, 1.165) is 23.3 Å². The summed E-state index contributed by atoms with van der Waals surface area (Å²) in [5, 5.41) is 0. The number of hydrogen-bond acceptors (Lipinski definition) is 5. The molecule has 1 heterocycles. The maximum absolute atomic E-state index is 9.56. The highest BCUT2D eigenvalue weighted by Crippen LogP contribution is 2.38. The van der Waals surface area contributed by atoms with Crippen LogP contribution in [0.5, 0.6) is 11.5 Å². The van der Waals surface area contributed by atoms with Gasteiger partial charge in [-0.25, -0.2) is 15.0 Å². The molecule has 0 radical (unpaired) electrons. The fraction of sp³-hybridized carbons (Fsp3) is 0. The monoisotopic (exact) mass is 740 g/mol. The van der Waals surface area contributed by atoms with Gasteiger partial charge in [-0.15, -0.1) is 0 Å². The molecule has 0 N–H and O–H groups in total. The molecule has 0 bridgehead atoms. The fourth-order valence-corrected chi connectivity index (χ4v) is 5.64. The summed E-state index contributed by atoms with van der Waals surface area (Å²) in [5.41, 5.74) is -0.359. The van der Waals surface area contributed by atoms with Gasteiger partial charge in [0.2, 0.25) is 0 Å². The van der Waals surface area contributed by atoms with Gasteiger partial charge in [0.25, 0.3) is 0 Å². The molecule has 56 heavy (non-hydrogen) atoms. The van der Waals surface area contributed by atoms with Gasteiger partial charge >= 0.3 is 0 Å².